The Bertz CT molecular complexity index is 720. The number of aromatic nitrogens is 2. The number of hydrogen-bond donors (Lipinski definition) is 1. The number of nitrogens with zero attached hydrogens (tertiary/aromatic N) is 3. The second-order valence-corrected chi connectivity index (χ2v) is 8.07. The van der Waals surface area contributed by atoms with E-state index in [4.69, 9.17) is 0 Å². The van der Waals surface area contributed by atoms with Crippen LogP contribution in [0.1, 0.15) is 12.5 Å². The normalized spacial score (nSPS) is 10.5. The highest BCUT2D eigenvalue weighted by atomic mass is 32.2. The van der Waals surface area contributed by atoms with Gasteiger partial charge in [-0.15, -0.1) is 10.2 Å². The maximum atomic E-state index is 11.9. The van der Waals surface area contributed by atoms with Crippen molar-refractivity contribution in [1.29, 1.82) is 0 Å². The van der Waals surface area contributed by atoms with Gasteiger partial charge < -0.3 is 5.32 Å². The van der Waals surface area contributed by atoms with E-state index in [1.165, 1.54) is 29.2 Å². The fourth-order valence-corrected chi connectivity index (χ4v) is 4.36. The molecule has 0 atom stereocenters. The number of carbonyl (C=O) groups is 1. The van der Waals surface area contributed by atoms with E-state index in [-0.39, 0.29) is 17.3 Å². The zero-order valence-corrected chi connectivity index (χ0v) is 14.9. The number of aryl methyl sites for hydroxylation is 1. The largest absolute Gasteiger partial charge is 0.325 e. The summed E-state index contributed by atoms with van der Waals surface area (Å²) in [6.07, 6.45) is 0. The first-order chi connectivity index (χ1) is 11.0. The van der Waals surface area contributed by atoms with Crippen molar-refractivity contribution in [3.8, 4) is 0 Å². The van der Waals surface area contributed by atoms with Crippen molar-refractivity contribution in [2.24, 2.45) is 0 Å². The first kappa shape index (κ1) is 17.7. The van der Waals surface area contributed by atoms with Crippen molar-refractivity contribution in [2.75, 3.05) is 16.8 Å². The molecule has 0 radical (unpaired) electrons. The number of rotatable bonds is 7. The van der Waals surface area contributed by atoms with E-state index in [1.54, 1.807) is 30.8 Å². The van der Waals surface area contributed by atoms with Crippen molar-refractivity contribution < 1.29 is 9.72 Å². The van der Waals surface area contributed by atoms with Crippen LogP contribution in [0.4, 0.5) is 11.4 Å². The standard InChI is InChI=1S/C13H14N4O3S3/c1-3-21-12-15-16-13(23-12)22-7-11(18)14-9-5-4-8(2)10(6-9)17(19)20/h4-6H,3,7H2,1-2H3,(H,14,18). The summed E-state index contributed by atoms with van der Waals surface area (Å²) in [4.78, 5) is 22.4. The SMILES string of the molecule is CCSc1nnc(SCC(=O)Nc2ccc(C)c([N+](=O)[O-])c2)s1. The zero-order chi connectivity index (χ0) is 16.8. The Morgan fingerprint density at radius 3 is 2.70 bits per heavy atom. The van der Waals surface area contributed by atoms with E-state index >= 15 is 0 Å². The first-order valence-electron chi connectivity index (χ1n) is 6.63. The summed E-state index contributed by atoms with van der Waals surface area (Å²) >= 11 is 4.35. The summed E-state index contributed by atoms with van der Waals surface area (Å²) in [6, 6.07) is 4.62. The lowest BCUT2D eigenvalue weighted by Gasteiger charge is -2.05. The predicted octanol–water partition coefficient (Wildman–Crippen LogP) is 3.60. The molecule has 0 saturated heterocycles. The molecule has 1 aromatic carbocycles. The summed E-state index contributed by atoms with van der Waals surface area (Å²) in [5.41, 5.74) is 0.949. The number of amides is 1. The molecular formula is C13H14N4O3S3. The van der Waals surface area contributed by atoms with Crippen LogP contribution in [-0.2, 0) is 4.79 Å². The maximum Gasteiger partial charge on any atom is 0.274 e. The van der Waals surface area contributed by atoms with E-state index in [0.717, 1.165) is 14.4 Å². The van der Waals surface area contributed by atoms with Gasteiger partial charge in [-0.05, 0) is 18.7 Å². The van der Waals surface area contributed by atoms with Gasteiger partial charge in [0, 0.05) is 17.3 Å². The Morgan fingerprint density at radius 2 is 2.04 bits per heavy atom. The lowest BCUT2D eigenvalue weighted by atomic mass is 10.2. The Hall–Kier alpha value is -1.65. The Morgan fingerprint density at radius 1 is 1.35 bits per heavy atom. The highest BCUT2D eigenvalue weighted by Crippen LogP contribution is 2.28. The van der Waals surface area contributed by atoms with Crippen LogP contribution >= 0.6 is 34.9 Å². The molecule has 0 spiro atoms. The molecule has 1 aromatic heterocycles. The van der Waals surface area contributed by atoms with Gasteiger partial charge in [0.05, 0.1) is 10.7 Å². The van der Waals surface area contributed by atoms with Gasteiger partial charge in [-0.2, -0.15) is 0 Å². The summed E-state index contributed by atoms with van der Waals surface area (Å²) in [7, 11) is 0. The van der Waals surface area contributed by atoms with Gasteiger partial charge in [0.2, 0.25) is 5.91 Å². The van der Waals surface area contributed by atoms with Crippen molar-refractivity contribution in [2.45, 2.75) is 22.5 Å². The number of benzene rings is 1. The fourth-order valence-electron chi connectivity index (χ4n) is 1.65. The monoisotopic (exact) mass is 370 g/mol. The van der Waals surface area contributed by atoms with Crippen molar-refractivity contribution >= 4 is 52.1 Å². The van der Waals surface area contributed by atoms with Crippen LogP contribution in [0, 0.1) is 17.0 Å². The van der Waals surface area contributed by atoms with Gasteiger partial charge in [0.1, 0.15) is 0 Å². The van der Waals surface area contributed by atoms with Crippen LogP contribution in [0.3, 0.4) is 0 Å². The zero-order valence-electron chi connectivity index (χ0n) is 12.4. The van der Waals surface area contributed by atoms with Crippen LogP contribution in [0.5, 0.6) is 0 Å². The average molecular weight is 370 g/mol. The molecule has 10 heteroatoms. The summed E-state index contributed by atoms with van der Waals surface area (Å²) in [5, 5.41) is 21.6. The quantitative estimate of drug-likeness (QED) is 0.452. The number of nitrogens with one attached hydrogen (secondary N) is 1. The number of carbonyl (C=O) groups excluding carboxylic acids is 1. The molecule has 0 bridgehead atoms. The van der Waals surface area contributed by atoms with Crippen LogP contribution in [0.25, 0.3) is 0 Å². The van der Waals surface area contributed by atoms with Gasteiger partial charge in [-0.1, -0.05) is 47.9 Å². The molecule has 0 fully saturated rings. The number of hydrogen-bond acceptors (Lipinski definition) is 8. The number of nitro benzene ring substituents is 1. The van der Waals surface area contributed by atoms with Gasteiger partial charge in [0.15, 0.2) is 8.68 Å². The molecule has 0 saturated carbocycles. The highest BCUT2D eigenvalue weighted by Gasteiger charge is 2.13. The van der Waals surface area contributed by atoms with Gasteiger partial charge in [-0.3, -0.25) is 14.9 Å². The predicted molar refractivity (Wildman–Crippen MR) is 93.5 cm³/mol. The average Bonchev–Trinajstić information content (AvgIpc) is 2.95. The second kappa shape index (κ2) is 8.27. The van der Waals surface area contributed by atoms with E-state index < -0.39 is 4.92 Å². The Labute approximate surface area is 145 Å². The maximum absolute atomic E-state index is 11.9. The summed E-state index contributed by atoms with van der Waals surface area (Å²) in [6.45, 7) is 3.69. The molecule has 2 rings (SSSR count). The molecule has 0 aliphatic carbocycles. The highest BCUT2D eigenvalue weighted by molar-refractivity contribution is 8.03. The van der Waals surface area contributed by atoms with E-state index in [1.807, 2.05) is 6.92 Å². The topological polar surface area (TPSA) is 98.0 Å². The smallest absolute Gasteiger partial charge is 0.274 e. The third-order valence-electron chi connectivity index (χ3n) is 2.67. The molecule has 1 N–H and O–H groups in total. The number of nitro groups is 1. The van der Waals surface area contributed by atoms with Gasteiger partial charge in [-0.25, -0.2) is 0 Å². The van der Waals surface area contributed by atoms with Crippen LogP contribution in [0.2, 0.25) is 0 Å². The Balaban J connectivity index is 1.91. The van der Waals surface area contributed by atoms with E-state index in [0.29, 0.717) is 11.3 Å². The lowest BCUT2D eigenvalue weighted by Crippen LogP contribution is -2.14. The molecule has 1 heterocycles. The molecule has 0 aliphatic rings. The third-order valence-corrected chi connectivity index (χ3v) is 5.74. The van der Waals surface area contributed by atoms with Crippen LogP contribution < -0.4 is 5.32 Å². The molecule has 1 amide bonds. The van der Waals surface area contributed by atoms with Crippen molar-refractivity contribution in [1.82, 2.24) is 10.2 Å². The number of thioether (sulfide) groups is 2. The van der Waals surface area contributed by atoms with Gasteiger partial charge >= 0.3 is 0 Å². The van der Waals surface area contributed by atoms with Crippen LogP contribution in [0.15, 0.2) is 26.9 Å². The summed E-state index contributed by atoms with van der Waals surface area (Å²) in [5.74, 6) is 0.854. The minimum absolute atomic E-state index is 0.0131. The number of anilines is 1. The lowest BCUT2D eigenvalue weighted by molar-refractivity contribution is -0.385. The molecule has 2 aromatic rings. The molecule has 0 aliphatic heterocycles. The second-order valence-electron chi connectivity index (χ2n) is 4.36. The third kappa shape index (κ3) is 5.19. The molecule has 122 valence electrons. The molecular weight excluding hydrogens is 356 g/mol. The van der Waals surface area contributed by atoms with E-state index in [9.17, 15) is 14.9 Å². The fraction of sp³-hybridized carbons (Fsp3) is 0.308. The minimum Gasteiger partial charge on any atom is -0.325 e. The van der Waals surface area contributed by atoms with Gasteiger partial charge in [0.25, 0.3) is 5.69 Å². The molecule has 7 nitrogen and oxygen atoms in total. The van der Waals surface area contributed by atoms with Crippen LogP contribution in [-0.4, -0.2) is 32.5 Å². The summed E-state index contributed by atoms with van der Waals surface area (Å²) < 4.78 is 1.61. The van der Waals surface area contributed by atoms with Crippen molar-refractivity contribution in [3.63, 3.8) is 0 Å². The minimum atomic E-state index is -0.464. The molecule has 0 unspecified atom stereocenters. The first-order valence-corrected chi connectivity index (χ1v) is 9.42. The van der Waals surface area contributed by atoms with E-state index in [2.05, 4.69) is 15.5 Å². The molecule has 23 heavy (non-hydrogen) atoms. The Kier molecular flexibility index (Phi) is 6.37. The van der Waals surface area contributed by atoms with Crippen molar-refractivity contribution in [3.05, 3.63) is 33.9 Å².